The number of hydrogen-bond donors (Lipinski definition) is 1. The Labute approximate surface area is 119 Å². The first-order chi connectivity index (χ1) is 8.88. The normalized spacial score (nSPS) is 34.1. The summed E-state index contributed by atoms with van der Waals surface area (Å²) in [4.78, 5) is 2.73. The molecule has 2 rings (SSSR count). The van der Waals surface area contributed by atoms with Crippen LogP contribution in [-0.2, 0) is 4.74 Å². The fourth-order valence-electron chi connectivity index (χ4n) is 3.33. The molecule has 3 unspecified atom stereocenters. The van der Waals surface area contributed by atoms with Gasteiger partial charge < -0.3 is 10.1 Å². The third-order valence-electron chi connectivity index (χ3n) is 4.79. The van der Waals surface area contributed by atoms with Gasteiger partial charge in [-0.15, -0.1) is 0 Å². The first-order valence-corrected chi connectivity index (χ1v) is 7.93. The van der Waals surface area contributed by atoms with E-state index in [0.29, 0.717) is 17.5 Å². The van der Waals surface area contributed by atoms with Crippen molar-refractivity contribution in [3.05, 3.63) is 0 Å². The SMILES string of the molecule is CC(C)C1CNC(C(C)(C)C)CN1CC1CCOC1. The third kappa shape index (κ3) is 3.93. The Morgan fingerprint density at radius 1 is 1.32 bits per heavy atom. The van der Waals surface area contributed by atoms with E-state index >= 15 is 0 Å². The molecule has 2 heterocycles. The van der Waals surface area contributed by atoms with Crippen molar-refractivity contribution in [1.29, 1.82) is 0 Å². The fourth-order valence-corrected chi connectivity index (χ4v) is 3.33. The maximum atomic E-state index is 5.55. The second kappa shape index (κ2) is 6.11. The minimum Gasteiger partial charge on any atom is -0.381 e. The molecule has 1 N–H and O–H groups in total. The molecule has 3 heteroatoms. The summed E-state index contributed by atoms with van der Waals surface area (Å²) in [7, 11) is 0. The molecule has 0 aromatic heterocycles. The van der Waals surface area contributed by atoms with E-state index in [0.717, 1.165) is 31.6 Å². The van der Waals surface area contributed by atoms with Crippen LogP contribution in [0, 0.1) is 17.3 Å². The second-order valence-electron chi connectivity index (χ2n) is 7.82. The fraction of sp³-hybridized carbons (Fsp3) is 1.00. The third-order valence-corrected chi connectivity index (χ3v) is 4.79. The monoisotopic (exact) mass is 268 g/mol. The highest BCUT2D eigenvalue weighted by atomic mass is 16.5. The predicted molar refractivity (Wildman–Crippen MR) is 80.4 cm³/mol. The van der Waals surface area contributed by atoms with E-state index in [1.807, 2.05) is 0 Å². The van der Waals surface area contributed by atoms with E-state index in [1.54, 1.807) is 0 Å². The minimum absolute atomic E-state index is 0.340. The molecule has 2 aliphatic heterocycles. The Kier molecular flexibility index (Phi) is 4.91. The molecule has 0 spiro atoms. The van der Waals surface area contributed by atoms with Crippen LogP contribution in [-0.4, -0.2) is 49.8 Å². The van der Waals surface area contributed by atoms with Crippen LogP contribution in [0.1, 0.15) is 41.0 Å². The summed E-state index contributed by atoms with van der Waals surface area (Å²) in [5.74, 6) is 1.47. The Morgan fingerprint density at radius 3 is 2.58 bits per heavy atom. The quantitative estimate of drug-likeness (QED) is 0.850. The molecule has 3 nitrogen and oxygen atoms in total. The first kappa shape index (κ1) is 15.3. The molecule has 0 amide bonds. The molecule has 2 fully saturated rings. The lowest BCUT2D eigenvalue weighted by Gasteiger charge is -2.47. The van der Waals surface area contributed by atoms with Crippen molar-refractivity contribution in [2.24, 2.45) is 17.3 Å². The Balaban J connectivity index is 1.99. The molecule has 19 heavy (non-hydrogen) atoms. The summed E-state index contributed by atoms with van der Waals surface area (Å²) in [6, 6.07) is 1.28. The zero-order chi connectivity index (χ0) is 14.0. The van der Waals surface area contributed by atoms with Gasteiger partial charge in [-0.05, 0) is 23.7 Å². The Bertz CT molecular complexity index is 279. The van der Waals surface area contributed by atoms with Crippen LogP contribution in [0.15, 0.2) is 0 Å². The number of ether oxygens (including phenoxy) is 1. The number of rotatable bonds is 3. The van der Waals surface area contributed by atoms with Crippen LogP contribution in [0.5, 0.6) is 0 Å². The van der Waals surface area contributed by atoms with Crippen LogP contribution in [0.2, 0.25) is 0 Å². The molecular formula is C16H32N2O. The van der Waals surface area contributed by atoms with E-state index < -0.39 is 0 Å². The number of hydrogen-bond acceptors (Lipinski definition) is 3. The van der Waals surface area contributed by atoms with Crippen LogP contribution in [0.3, 0.4) is 0 Å². The smallest absolute Gasteiger partial charge is 0.0507 e. The van der Waals surface area contributed by atoms with Gasteiger partial charge in [0.15, 0.2) is 0 Å². The van der Waals surface area contributed by atoms with Crippen LogP contribution >= 0.6 is 0 Å². The van der Waals surface area contributed by atoms with Gasteiger partial charge in [0.05, 0.1) is 6.61 Å². The average Bonchev–Trinajstić information content (AvgIpc) is 2.80. The van der Waals surface area contributed by atoms with E-state index in [1.165, 1.54) is 19.5 Å². The molecule has 2 aliphatic rings. The summed E-state index contributed by atoms with van der Waals surface area (Å²) in [6.07, 6.45) is 1.24. The van der Waals surface area contributed by atoms with Gasteiger partial charge in [-0.2, -0.15) is 0 Å². The highest BCUT2D eigenvalue weighted by Crippen LogP contribution is 2.27. The van der Waals surface area contributed by atoms with Gasteiger partial charge in [0.25, 0.3) is 0 Å². The van der Waals surface area contributed by atoms with Gasteiger partial charge >= 0.3 is 0 Å². The zero-order valence-electron chi connectivity index (χ0n) is 13.4. The van der Waals surface area contributed by atoms with Crippen molar-refractivity contribution in [2.75, 3.05) is 32.8 Å². The van der Waals surface area contributed by atoms with Gasteiger partial charge in [-0.1, -0.05) is 34.6 Å². The van der Waals surface area contributed by atoms with Crippen LogP contribution < -0.4 is 5.32 Å². The molecule has 0 bridgehead atoms. The van der Waals surface area contributed by atoms with Gasteiger partial charge in [-0.3, -0.25) is 4.90 Å². The molecule has 0 aromatic rings. The lowest BCUT2D eigenvalue weighted by atomic mass is 9.83. The summed E-state index contributed by atoms with van der Waals surface area (Å²) in [5, 5.41) is 3.77. The van der Waals surface area contributed by atoms with E-state index in [9.17, 15) is 0 Å². The Morgan fingerprint density at radius 2 is 2.05 bits per heavy atom. The first-order valence-electron chi connectivity index (χ1n) is 7.93. The van der Waals surface area contributed by atoms with Crippen molar-refractivity contribution in [1.82, 2.24) is 10.2 Å². The van der Waals surface area contributed by atoms with Crippen LogP contribution in [0.4, 0.5) is 0 Å². The Hall–Kier alpha value is -0.120. The molecule has 0 saturated carbocycles. The molecule has 0 radical (unpaired) electrons. The van der Waals surface area contributed by atoms with Crippen molar-refractivity contribution < 1.29 is 4.74 Å². The maximum Gasteiger partial charge on any atom is 0.0507 e. The molecular weight excluding hydrogens is 236 g/mol. The van der Waals surface area contributed by atoms with Crippen molar-refractivity contribution >= 4 is 0 Å². The topological polar surface area (TPSA) is 24.5 Å². The molecule has 0 aliphatic carbocycles. The van der Waals surface area contributed by atoms with Gasteiger partial charge in [0, 0.05) is 38.3 Å². The maximum absolute atomic E-state index is 5.55. The molecule has 2 saturated heterocycles. The van der Waals surface area contributed by atoms with Crippen molar-refractivity contribution in [3.63, 3.8) is 0 Å². The standard InChI is InChI=1S/C16H32N2O/c1-12(2)14-8-17-15(16(3,4)5)10-18(14)9-13-6-7-19-11-13/h12-15,17H,6-11H2,1-5H3. The average molecular weight is 268 g/mol. The summed E-state index contributed by atoms with van der Waals surface area (Å²) < 4.78 is 5.55. The van der Waals surface area contributed by atoms with E-state index in [4.69, 9.17) is 4.74 Å². The second-order valence-corrected chi connectivity index (χ2v) is 7.82. The van der Waals surface area contributed by atoms with Gasteiger partial charge in [-0.25, -0.2) is 0 Å². The number of piperazine rings is 1. The van der Waals surface area contributed by atoms with Gasteiger partial charge in [0.1, 0.15) is 0 Å². The predicted octanol–water partition coefficient (Wildman–Crippen LogP) is 2.37. The summed E-state index contributed by atoms with van der Waals surface area (Å²) in [6.45, 7) is 17.2. The summed E-state index contributed by atoms with van der Waals surface area (Å²) in [5.41, 5.74) is 0.340. The minimum atomic E-state index is 0.340. The highest BCUT2D eigenvalue weighted by Gasteiger charge is 2.36. The van der Waals surface area contributed by atoms with Crippen LogP contribution in [0.25, 0.3) is 0 Å². The molecule has 3 atom stereocenters. The lowest BCUT2D eigenvalue weighted by molar-refractivity contribution is 0.0484. The van der Waals surface area contributed by atoms with Crippen molar-refractivity contribution in [3.8, 4) is 0 Å². The molecule has 0 aromatic carbocycles. The largest absolute Gasteiger partial charge is 0.381 e. The van der Waals surface area contributed by atoms with E-state index in [-0.39, 0.29) is 0 Å². The molecule has 112 valence electrons. The zero-order valence-corrected chi connectivity index (χ0v) is 13.4. The van der Waals surface area contributed by atoms with Crippen molar-refractivity contribution in [2.45, 2.75) is 53.1 Å². The van der Waals surface area contributed by atoms with Gasteiger partial charge in [0.2, 0.25) is 0 Å². The van der Waals surface area contributed by atoms with E-state index in [2.05, 4.69) is 44.8 Å². The summed E-state index contributed by atoms with van der Waals surface area (Å²) >= 11 is 0. The highest BCUT2D eigenvalue weighted by molar-refractivity contribution is 4.93. The number of nitrogens with one attached hydrogen (secondary N) is 1. The lowest BCUT2D eigenvalue weighted by Crippen LogP contribution is -2.62. The number of nitrogens with zero attached hydrogens (tertiary/aromatic N) is 1.